The largest absolute Gasteiger partial charge is 0.493 e. The molecule has 0 saturated heterocycles. The molecule has 0 spiro atoms. The van der Waals surface area contributed by atoms with Crippen molar-refractivity contribution >= 4 is 15.9 Å². The molecule has 2 aromatic rings. The average molecular weight is 406 g/mol. The third-order valence-corrected chi connectivity index (χ3v) is 4.76. The van der Waals surface area contributed by atoms with Crippen LogP contribution in [0.5, 0.6) is 11.5 Å². The van der Waals surface area contributed by atoms with E-state index in [2.05, 4.69) is 60.2 Å². The molecule has 0 saturated carbocycles. The van der Waals surface area contributed by atoms with E-state index >= 15 is 0 Å². The minimum absolute atomic E-state index is 0.524. The molecule has 25 heavy (non-hydrogen) atoms. The second-order valence-electron chi connectivity index (χ2n) is 6.73. The van der Waals surface area contributed by atoms with Gasteiger partial charge in [-0.2, -0.15) is 0 Å². The van der Waals surface area contributed by atoms with Crippen LogP contribution >= 0.6 is 15.9 Å². The molecular weight excluding hydrogens is 378 g/mol. The van der Waals surface area contributed by atoms with E-state index in [1.165, 1.54) is 17.5 Å². The Labute approximate surface area is 159 Å². The molecule has 0 bridgehead atoms. The van der Waals surface area contributed by atoms with Crippen LogP contribution in [0.25, 0.3) is 0 Å². The molecule has 3 nitrogen and oxygen atoms in total. The van der Waals surface area contributed by atoms with E-state index in [1.54, 1.807) is 7.11 Å². The maximum absolute atomic E-state index is 5.99. The first kappa shape index (κ1) is 19.8. The minimum atomic E-state index is 0.524. The maximum Gasteiger partial charge on any atom is 0.162 e. The van der Waals surface area contributed by atoms with Gasteiger partial charge in [-0.05, 0) is 49.1 Å². The van der Waals surface area contributed by atoms with Crippen molar-refractivity contribution in [3.8, 4) is 11.5 Å². The van der Waals surface area contributed by atoms with E-state index in [0.717, 1.165) is 34.6 Å². The van der Waals surface area contributed by atoms with Crippen molar-refractivity contribution in [3.05, 3.63) is 57.6 Å². The van der Waals surface area contributed by atoms with Crippen LogP contribution in [0.2, 0.25) is 0 Å². The Bertz CT molecular complexity index is 686. The number of aryl methyl sites for hydroxylation is 1. The van der Waals surface area contributed by atoms with Crippen molar-refractivity contribution in [3.63, 3.8) is 0 Å². The number of hydrogen-bond acceptors (Lipinski definition) is 3. The van der Waals surface area contributed by atoms with Gasteiger partial charge < -0.3 is 14.8 Å². The van der Waals surface area contributed by atoms with Crippen LogP contribution in [0.15, 0.2) is 40.9 Å². The molecule has 1 N–H and O–H groups in total. The third kappa shape index (κ3) is 6.37. The molecule has 0 radical (unpaired) electrons. The number of methoxy groups -OCH3 is 1. The molecule has 0 aliphatic carbocycles. The lowest BCUT2D eigenvalue weighted by molar-refractivity contribution is 0.284. The number of halogens is 1. The zero-order valence-electron chi connectivity index (χ0n) is 15.6. The fourth-order valence-corrected chi connectivity index (χ4v) is 3.02. The normalized spacial score (nSPS) is 11.0. The van der Waals surface area contributed by atoms with Crippen LogP contribution in [0.1, 0.15) is 37.0 Å². The topological polar surface area (TPSA) is 30.5 Å². The first-order valence-electron chi connectivity index (χ1n) is 8.75. The maximum atomic E-state index is 5.99. The molecule has 4 heteroatoms. The summed E-state index contributed by atoms with van der Waals surface area (Å²) in [5.41, 5.74) is 3.55. The molecule has 0 fully saturated rings. The lowest BCUT2D eigenvalue weighted by Crippen LogP contribution is -2.16. The van der Waals surface area contributed by atoms with E-state index in [-0.39, 0.29) is 0 Å². The predicted molar refractivity (Wildman–Crippen MR) is 107 cm³/mol. The summed E-state index contributed by atoms with van der Waals surface area (Å²) >= 11 is 3.65. The van der Waals surface area contributed by atoms with E-state index in [9.17, 15) is 0 Å². The standard InChI is InChI=1S/C21H28BrNO2/c1-15(2)8-9-23-13-18-11-20(24-4)21(12-19(18)22)25-14-17-7-5-6-16(3)10-17/h5-7,10-12,15,23H,8-9,13-14H2,1-4H3. The zero-order valence-corrected chi connectivity index (χ0v) is 17.2. The number of benzene rings is 2. The summed E-state index contributed by atoms with van der Waals surface area (Å²) in [5.74, 6) is 2.22. The van der Waals surface area contributed by atoms with Crippen molar-refractivity contribution in [1.82, 2.24) is 5.32 Å². The summed E-state index contributed by atoms with van der Waals surface area (Å²) in [6.45, 7) is 8.90. The summed E-state index contributed by atoms with van der Waals surface area (Å²) in [6.07, 6.45) is 1.17. The molecule has 0 aromatic heterocycles. The van der Waals surface area contributed by atoms with Crippen molar-refractivity contribution in [1.29, 1.82) is 0 Å². The zero-order chi connectivity index (χ0) is 18.2. The highest BCUT2D eigenvalue weighted by atomic mass is 79.9. The summed E-state index contributed by atoms with van der Waals surface area (Å²) in [6, 6.07) is 12.4. The van der Waals surface area contributed by atoms with E-state index in [1.807, 2.05) is 18.2 Å². The van der Waals surface area contributed by atoms with Crippen LogP contribution in [0.4, 0.5) is 0 Å². The molecule has 0 aliphatic heterocycles. The van der Waals surface area contributed by atoms with Crippen LogP contribution < -0.4 is 14.8 Å². The van der Waals surface area contributed by atoms with E-state index in [4.69, 9.17) is 9.47 Å². The average Bonchev–Trinajstić information content (AvgIpc) is 2.58. The number of ether oxygens (including phenoxy) is 2. The molecule has 2 rings (SSSR count). The van der Waals surface area contributed by atoms with Crippen molar-refractivity contribution in [2.24, 2.45) is 5.92 Å². The Morgan fingerprint density at radius 1 is 1.12 bits per heavy atom. The molecule has 136 valence electrons. The molecular formula is C21H28BrNO2. The fourth-order valence-electron chi connectivity index (χ4n) is 2.56. The van der Waals surface area contributed by atoms with Gasteiger partial charge in [0.1, 0.15) is 6.61 Å². The quantitative estimate of drug-likeness (QED) is 0.560. The first-order valence-corrected chi connectivity index (χ1v) is 9.54. The van der Waals surface area contributed by atoms with Crippen LogP contribution in [-0.4, -0.2) is 13.7 Å². The lowest BCUT2D eigenvalue weighted by Gasteiger charge is -2.15. The molecule has 0 unspecified atom stereocenters. The number of hydrogen-bond donors (Lipinski definition) is 1. The summed E-state index contributed by atoms with van der Waals surface area (Å²) in [7, 11) is 1.68. The van der Waals surface area contributed by atoms with Gasteiger partial charge in [0.2, 0.25) is 0 Å². The van der Waals surface area contributed by atoms with Gasteiger partial charge in [0.15, 0.2) is 11.5 Å². The Morgan fingerprint density at radius 2 is 1.92 bits per heavy atom. The van der Waals surface area contributed by atoms with Gasteiger partial charge in [-0.15, -0.1) is 0 Å². The van der Waals surface area contributed by atoms with Crippen molar-refractivity contribution in [2.75, 3.05) is 13.7 Å². The second kappa shape index (κ2) is 9.83. The van der Waals surface area contributed by atoms with Gasteiger partial charge >= 0.3 is 0 Å². The SMILES string of the molecule is COc1cc(CNCCC(C)C)c(Br)cc1OCc1cccc(C)c1. The van der Waals surface area contributed by atoms with Gasteiger partial charge in [-0.3, -0.25) is 0 Å². The van der Waals surface area contributed by atoms with Crippen LogP contribution in [0.3, 0.4) is 0 Å². The highest BCUT2D eigenvalue weighted by Gasteiger charge is 2.11. The predicted octanol–water partition coefficient (Wildman–Crippen LogP) is 5.48. The van der Waals surface area contributed by atoms with Crippen LogP contribution in [-0.2, 0) is 13.2 Å². The summed E-state index contributed by atoms with van der Waals surface area (Å²) in [4.78, 5) is 0. The van der Waals surface area contributed by atoms with Gasteiger partial charge in [-0.1, -0.05) is 59.6 Å². The van der Waals surface area contributed by atoms with E-state index < -0.39 is 0 Å². The molecule has 0 aliphatic rings. The molecule has 0 atom stereocenters. The van der Waals surface area contributed by atoms with Gasteiger partial charge in [0.25, 0.3) is 0 Å². The number of nitrogens with one attached hydrogen (secondary N) is 1. The summed E-state index contributed by atoms with van der Waals surface area (Å²) < 4.78 is 12.5. The Morgan fingerprint density at radius 3 is 2.60 bits per heavy atom. The second-order valence-corrected chi connectivity index (χ2v) is 7.59. The summed E-state index contributed by atoms with van der Waals surface area (Å²) in [5, 5.41) is 3.48. The molecule has 0 heterocycles. The molecule has 0 amide bonds. The van der Waals surface area contributed by atoms with Crippen molar-refractivity contribution in [2.45, 2.75) is 40.3 Å². The Kier molecular flexibility index (Phi) is 7.79. The smallest absolute Gasteiger partial charge is 0.162 e. The van der Waals surface area contributed by atoms with E-state index in [0.29, 0.717) is 12.5 Å². The first-order chi connectivity index (χ1) is 12.0. The number of rotatable bonds is 9. The van der Waals surface area contributed by atoms with Crippen LogP contribution in [0, 0.1) is 12.8 Å². The van der Waals surface area contributed by atoms with Gasteiger partial charge in [-0.25, -0.2) is 0 Å². The van der Waals surface area contributed by atoms with Gasteiger partial charge in [0, 0.05) is 11.0 Å². The molecule has 2 aromatic carbocycles. The monoisotopic (exact) mass is 405 g/mol. The Balaban J connectivity index is 2.02. The van der Waals surface area contributed by atoms with Gasteiger partial charge in [0.05, 0.1) is 7.11 Å². The third-order valence-electron chi connectivity index (χ3n) is 4.02. The highest BCUT2D eigenvalue weighted by molar-refractivity contribution is 9.10. The minimum Gasteiger partial charge on any atom is -0.493 e. The lowest BCUT2D eigenvalue weighted by atomic mass is 10.1. The highest BCUT2D eigenvalue weighted by Crippen LogP contribution is 2.34. The van der Waals surface area contributed by atoms with Crippen molar-refractivity contribution < 1.29 is 9.47 Å². The Hall–Kier alpha value is -1.52. The fraction of sp³-hybridized carbons (Fsp3) is 0.429.